The molecule has 0 N–H and O–H groups in total. The highest BCUT2D eigenvalue weighted by molar-refractivity contribution is 9.10. The molecule has 0 fully saturated rings. The molecule has 31 heavy (non-hydrogen) atoms. The summed E-state index contributed by atoms with van der Waals surface area (Å²) in [5.74, 6) is -0.304. The van der Waals surface area contributed by atoms with Crippen LogP contribution in [0.4, 0.5) is 5.69 Å². The van der Waals surface area contributed by atoms with Crippen molar-refractivity contribution in [1.29, 1.82) is 0 Å². The molecule has 0 unspecified atom stereocenters. The second-order valence-electron chi connectivity index (χ2n) is 7.10. The van der Waals surface area contributed by atoms with Gasteiger partial charge in [-0.05, 0) is 59.1 Å². The third-order valence-corrected chi connectivity index (χ3v) is 5.45. The van der Waals surface area contributed by atoms with E-state index in [4.69, 9.17) is 9.15 Å². The van der Waals surface area contributed by atoms with Crippen LogP contribution in [-0.2, 0) is 20.9 Å². The first kappa shape index (κ1) is 20.9. The van der Waals surface area contributed by atoms with Crippen LogP contribution in [0.2, 0.25) is 0 Å². The number of ether oxygens (including phenoxy) is 1. The average molecular weight is 483 g/mol. The van der Waals surface area contributed by atoms with Crippen molar-refractivity contribution < 1.29 is 18.7 Å². The van der Waals surface area contributed by atoms with Gasteiger partial charge in [0.15, 0.2) is 6.61 Å². The van der Waals surface area contributed by atoms with Gasteiger partial charge in [0, 0.05) is 17.3 Å². The largest absolute Gasteiger partial charge is 0.451 e. The molecule has 3 aromatic rings. The molecule has 1 amide bonds. The first-order chi connectivity index (χ1) is 14.9. The van der Waals surface area contributed by atoms with E-state index in [2.05, 4.69) is 31.2 Å². The molecule has 0 bridgehead atoms. The van der Waals surface area contributed by atoms with Gasteiger partial charge in [0.2, 0.25) is 11.8 Å². The molecule has 158 valence electrons. The second kappa shape index (κ2) is 8.81. The molecule has 1 aliphatic rings. The highest BCUT2D eigenvalue weighted by atomic mass is 79.9. The number of carbonyl (C=O) groups is 2. The number of anilines is 1. The Hall–Kier alpha value is -3.33. The number of hydrogen-bond acceptors (Lipinski definition) is 7. The number of amides is 1. The number of carbonyl (C=O) groups excluding carboxylic acids is 2. The van der Waals surface area contributed by atoms with Gasteiger partial charge in [-0.15, -0.1) is 10.2 Å². The smallest absolute Gasteiger partial charge is 0.355 e. The average Bonchev–Trinajstić information content (AvgIpc) is 3.23. The van der Waals surface area contributed by atoms with Crippen molar-refractivity contribution in [1.82, 2.24) is 10.2 Å². The quantitative estimate of drug-likeness (QED) is 0.501. The summed E-state index contributed by atoms with van der Waals surface area (Å²) in [4.78, 5) is 24.9. The minimum absolute atomic E-state index is 0.165. The number of esters is 1. The van der Waals surface area contributed by atoms with Gasteiger partial charge in [-0.2, -0.15) is 10.1 Å². The zero-order valence-electron chi connectivity index (χ0n) is 17.0. The van der Waals surface area contributed by atoms with E-state index >= 15 is 0 Å². The summed E-state index contributed by atoms with van der Waals surface area (Å²) in [5, 5.41) is 13.5. The summed E-state index contributed by atoms with van der Waals surface area (Å²) in [7, 11) is 0. The van der Waals surface area contributed by atoms with Crippen LogP contribution in [0.5, 0.6) is 0 Å². The van der Waals surface area contributed by atoms with Crippen LogP contribution in [0.25, 0.3) is 11.5 Å². The lowest BCUT2D eigenvalue weighted by Gasteiger charge is -2.24. The van der Waals surface area contributed by atoms with Crippen molar-refractivity contribution in [3.8, 4) is 11.5 Å². The number of benzene rings is 2. The summed E-state index contributed by atoms with van der Waals surface area (Å²) in [6, 6.07) is 13.2. The van der Waals surface area contributed by atoms with Gasteiger partial charge < -0.3 is 9.15 Å². The molecule has 0 saturated heterocycles. The minimum atomic E-state index is -0.622. The summed E-state index contributed by atoms with van der Waals surface area (Å²) in [6.07, 6.45) is 0.388. The number of aromatic nitrogens is 2. The van der Waals surface area contributed by atoms with Gasteiger partial charge in [-0.1, -0.05) is 24.3 Å². The molecule has 8 nitrogen and oxygen atoms in total. The van der Waals surface area contributed by atoms with E-state index in [1.165, 1.54) is 5.01 Å². The van der Waals surface area contributed by atoms with Crippen LogP contribution >= 0.6 is 15.9 Å². The maximum Gasteiger partial charge on any atom is 0.355 e. The lowest BCUT2D eigenvalue weighted by molar-refractivity contribution is -0.137. The normalized spacial score (nSPS) is 13.8. The second-order valence-corrected chi connectivity index (χ2v) is 7.95. The molecule has 0 saturated carbocycles. The fraction of sp³-hybridized carbons (Fsp3) is 0.227. The summed E-state index contributed by atoms with van der Waals surface area (Å²) >= 11 is 3.43. The van der Waals surface area contributed by atoms with Crippen molar-refractivity contribution in [3.05, 3.63) is 64.0 Å². The first-order valence-electron chi connectivity index (χ1n) is 9.64. The zero-order chi connectivity index (χ0) is 22.0. The van der Waals surface area contributed by atoms with E-state index in [0.29, 0.717) is 11.6 Å². The Bertz CT molecular complexity index is 1190. The molecule has 9 heteroatoms. The highest BCUT2D eigenvalue weighted by Crippen LogP contribution is 2.27. The monoisotopic (exact) mass is 482 g/mol. The Labute approximate surface area is 187 Å². The van der Waals surface area contributed by atoms with Crippen LogP contribution in [0.1, 0.15) is 29.9 Å². The predicted octanol–water partition coefficient (Wildman–Crippen LogP) is 4.34. The van der Waals surface area contributed by atoms with E-state index in [0.717, 1.165) is 21.2 Å². The van der Waals surface area contributed by atoms with Gasteiger partial charge in [0.1, 0.15) is 5.71 Å². The first-order valence-corrected chi connectivity index (χ1v) is 10.4. The molecule has 1 aliphatic heterocycles. The number of aryl methyl sites for hydroxylation is 2. The Morgan fingerprint density at radius 3 is 2.77 bits per heavy atom. The lowest BCUT2D eigenvalue weighted by Crippen LogP contribution is -2.35. The van der Waals surface area contributed by atoms with Crippen LogP contribution < -0.4 is 5.01 Å². The van der Waals surface area contributed by atoms with E-state index in [9.17, 15) is 9.59 Å². The van der Waals surface area contributed by atoms with Gasteiger partial charge in [-0.25, -0.2) is 4.79 Å². The van der Waals surface area contributed by atoms with Crippen LogP contribution in [-0.4, -0.2) is 27.8 Å². The SMILES string of the molecule is Cc1ccc(C)c(N2N=C(C(=O)OCc3nnc(-c4ccccc4Br)o3)CCC2=O)c1. The molecule has 0 spiro atoms. The fourth-order valence-electron chi connectivity index (χ4n) is 3.10. The molecule has 0 radical (unpaired) electrons. The Morgan fingerprint density at radius 1 is 1.16 bits per heavy atom. The molecular weight excluding hydrogens is 464 g/mol. The van der Waals surface area contributed by atoms with Gasteiger partial charge in [0.25, 0.3) is 5.89 Å². The van der Waals surface area contributed by atoms with Crippen LogP contribution in [0.3, 0.4) is 0 Å². The molecule has 2 heterocycles. The topological polar surface area (TPSA) is 97.9 Å². The standard InChI is InChI=1S/C22H19BrN4O4/c1-13-7-8-14(2)18(11-13)27-20(28)10-9-17(26-27)22(29)30-12-19-24-25-21(31-19)15-5-3-4-6-16(15)23/h3-8,11H,9-10,12H2,1-2H3. The molecule has 2 aromatic carbocycles. The van der Waals surface area contributed by atoms with Crippen LogP contribution in [0, 0.1) is 13.8 Å². The van der Waals surface area contributed by atoms with E-state index in [1.54, 1.807) is 0 Å². The molecule has 0 aliphatic carbocycles. The van der Waals surface area contributed by atoms with Gasteiger partial charge in [-0.3, -0.25) is 4.79 Å². The maximum atomic E-state index is 12.5. The maximum absolute atomic E-state index is 12.5. The van der Waals surface area contributed by atoms with Crippen molar-refractivity contribution in [3.63, 3.8) is 0 Å². The van der Waals surface area contributed by atoms with Crippen molar-refractivity contribution in [2.24, 2.45) is 5.10 Å². The summed E-state index contributed by atoms with van der Waals surface area (Å²) in [5.41, 5.74) is 3.46. The van der Waals surface area contributed by atoms with E-state index in [-0.39, 0.29) is 37.0 Å². The number of nitrogens with zero attached hydrogens (tertiary/aromatic N) is 4. The third-order valence-electron chi connectivity index (χ3n) is 4.76. The van der Waals surface area contributed by atoms with Gasteiger partial charge >= 0.3 is 5.97 Å². The van der Waals surface area contributed by atoms with Crippen molar-refractivity contribution in [2.75, 3.05) is 5.01 Å². The predicted molar refractivity (Wildman–Crippen MR) is 117 cm³/mol. The third kappa shape index (κ3) is 4.56. The van der Waals surface area contributed by atoms with Crippen LogP contribution in [0.15, 0.2) is 56.5 Å². The fourth-order valence-corrected chi connectivity index (χ4v) is 3.56. The number of hydrazone groups is 1. The molecule has 1 aromatic heterocycles. The number of hydrogen-bond donors (Lipinski definition) is 0. The van der Waals surface area contributed by atoms with Gasteiger partial charge in [0.05, 0.1) is 11.3 Å². The Kier molecular flexibility index (Phi) is 5.94. The zero-order valence-corrected chi connectivity index (χ0v) is 18.5. The van der Waals surface area contributed by atoms with Crippen molar-refractivity contribution >= 4 is 39.2 Å². The molecule has 0 atom stereocenters. The van der Waals surface area contributed by atoms with Crippen molar-refractivity contribution in [2.45, 2.75) is 33.3 Å². The van der Waals surface area contributed by atoms with E-state index in [1.807, 2.05) is 56.3 Å². The molecule has 4 rings (SSSR count). The lowest BCUT2D eigenvalue weighted by atomic mass is 10.1. The summed E-state index contributed by atoms with van der Waals surface area (Å²) in [6.45, 7) is 3.64. The number of rotatable bonds is 5. The number of halogens is 1. The minimum Gasteiger partial charge on any atom is -0.451 e. The van der Waals surface area contributed by atoms with E-state index < -0.39 is 5.97 Å². The highest BCUT2D eigenvalue weighted by Gasteiger charge is 2.27. The Morgan fingerprint density at radius 2 is 1.97 bits per heavy atom. The molecular formula is C22H19BrN4O4. The Balaban J connectivity index is 1.47. The summed E-state index contributed by atoms with van der Waals surface area (Å²) < 4.78 is 11.7.